The Hall–Kier alpha value is -2.00. The van der Waals surface area contributed by atoms with Crippen LogP contribution in [0.2, 0.25) is 5.02 Å². The zero-order valence-electron chi connectivity index (χ0n) is 10.4. The monoisotopic (exact) mass is 272 g/mol. The maximum absolute atomic E-state index is 5.89. The smallest absolute Gasteiger partial charge is 0.139 e. The molecule has 3 aromatic rings. The molecule has 1 atom stereocenters. The maximum atomic E-state index is 5.89. The van der Waals surface area contributed by atoms with Gasteiger partial charge in [-0.2, -0.15) is 0 Å². The molecule has 0 saturated heterocycles. The fourth-order valence-electron chi connectivity index (χ4n) is 2.05. The summed E-state index contributed by atoms with van der Waals surface area (Å²) in [5, 5.41) is 5.12. The molecule has 0 aliphatic rings. The summed E-state index contributed by atoms with van der Waals surface area (Å²) in [4.78, 5) is 4.36. The van der Waals surface area contributed by atoms with Gasteiger partial charge in [-0.25, -0.2) is 4.98 Å². The van der Waals surface area contributed by atoms with E-state index in [9.17, 15) is 0 Å². The molecule has 0 amide bonds. The predicted octanol–water partition coefficient (Wildman–Crippen LogP) is 4.65. The number of nitrogens with one attached hydrogen (secondary N) is 1. The number of halogens is 1. The quantitative estimate of drug-likeness (QED) is 0.754. The summed E-state index contributed by atoms with van der Waals surface area (Å²) in [6, 6.07) is 11.7. The molecule has 1 N–H and O–H groups in total. The number of hydrogen-bond donors (Lipinski definition) is 1. The first-order valence-corrected chi connectivity index (χ1v) is 6.46. The van der Waals surface area contributed by atoms with E-state index in [1.165, 1.54) is 0 Å². The lowest BCUT2D eigenvalue weighted by atomic mass is 10.1. The minimum Gasteiger partial charge on any atom is -0.464 e. The Balaban J connectivity index is 1.88. The van der Waals surface area contributed by atoms with Crippen molar-refractivity contribution in [2.45, 2.75) is 13.0 Å². The molecule has 3 rings (SSSR count). The summed E-state index contributed by atoms with van der Waals surface area (Å²) in [7, 11) is 0. The molecule has 2 aromatic heterocycles. The molecule has 2 heterocycles. The van der Waals surface area contributed by atoms with Gasteiger partial charge in [0.25, 0.3) is 0 Å². The second-order valence-corrected chi connectivity index (χ2v) is 4.85. The van der Waals surface area contributed by atoms with Crippen molar-refractivity contribution >= 4 is 28.4 Å². The molecule has 4 heteroatoms. The van der Waals surface area contributed by atoms with Gasteiger partial charge in [-0.3, -0.25) is 0 Å². The molecule has 0 saturated carbocycles. The normalized spacial score (nSPS) is 12.5. The molecule has 96 valence electrons. The lowest BCUT2D eigenvalue weighted by molar-refractivity contribution is 0.615. The van der Waals surface area contributed by atoms with Crippen molar-refractivity contribution < 1.29 is 4.42 Å². The van der Waals surface area contributed by atoms with Crippen LogP contribution in [0.1, 0.15) is 18.5 Å². The number of anilines is 1. The molecular formula is C15H13ClN2O. The molecule has 0 radical (unpaired) electrons. The average Bonchev–Trinajstić information content (AvgIpc) is 2.89. The fraction of sp³-hybridized carbons (Fsp3) is 0.133. The minimum atomic E-state index is 0.144. The van der Waals surface area contributed by atoms with Crippen LogP contribution in [0.5, 0.6) is 0 Å². The number of benzene rings is 1. The highest BCUT2D eigenvalue weighted by Gasteiger charge is 2.09. The fourth-order valence-corrected chi connectivity index (χ4v) is 2.18. The number of hydrogen-bond acceptors (Lipinski definition) is 3. The molecule has 1 aromatic carbocycles. The van der Waals surface area contributed by atoms with E-state index in [0.717, 1.165) is 27.4 Å². The minimum absolute atomic E-state index is 0.144. The zero-order valence-corrected chi connectivity index (χ0v) is 11.2. The van der Waals surface area contributed by atoms with Crippen LogP contribution in [0.4, 0.5) is 5.82 Å². The van der Waals surface area contributed by atoms with Gasteiger partial charge in [0.15, 0.2) is 0 Å². The molecule has 19 heavy (non-hydrogen) atoms. The highest BCUT2D eigenvalue weighted by molar-refractivity contribution is 6.30. The van der Waals surface area contributed by atoms with Gasteiger partial charge in [0.05, 0.1) is 11.6 Å². The molecule has 0 aliphatic heterocycles. The van der Waals surface area contributed by atoms with Gasteiger partial charge < -0.3 is 9.73 Å². The third-order valence-electron chi connectivity index (χ3n) is 3.10. The van der Waals surface area contributed by atoms with Gasteiger partial charge >= 0.3 is 0 Å². The van der Waals surface area contributed by atoms with E-state index in [-0.39, 0.29) is 6.04 Å². The Bertz CT molecular complexity index is 691. The Labute approximate surface area is 116 Å². The SMILES string of the molecule is CC(Nc1nccc2occc12)c1ccc(Cl)cc1. The van der Waals surface area contributed by atoms with Gasteiger partial charge in [-0.15, -0.1) is 0 Å². The first-order valence-electron chi connectivity index (χ1n) is 6.08. The van der Waals surface area contributed by atoms with Crippen LogP contribution in [0.25, 0.3) is 11.0 Å². The van der Waals surface area contributed by atoms with Gasteiger partial charge in [-0.1, -0.05) is 23.7 Å². The first-order chi connectivity index (χ1) is 9.24. The summed E-state index contributed by atoms with van der Waals surface area (Å²) in [5.74, 6) is 0.828. The lowest BCUT2D eigenvalue weighted by Gasteiger charge is -2.15. The van der Waals surface area contributed by atoms with Crippen molar-refractivity contribution in [3.8, 4) is 0 Å². The van der Waals surface area contributed by atoms with Crippen molar-refractivity contribution in [3.05, 3.63) is 59.4 Å². The second-order valence-electron chi connectivity index (χ2n) is 4.41. The van der Waals surface area contributed by atoms with E-state index in [2.05, 4.69) is 17.2 Å². The van der Waals surface area contributed by atoms with Crippen LogP contribution in [0, 0.1) is 0 Å². The number of aromatic nitrogens is 1. The Kier molecular flexibility index (Phi) is 3.13. The summed E-state index contributed by atoms with van der Waals surface area (Å²) in [6.45, 7) is 2.09. The summed E-state index contributed by atoms with van der Waals surface area (Å²) < 4.78 is 5.36. The van der Waals surface area contributed by atoms with E-state index in [4.69, 9.17) is 16.0 Å². The van der Waals surface area contributed by atoms with Gasteiger partial charge in [0.1, 0.15) is 11.4 Å². The summed E-state index contributed by atoms with van der Waals surface area (Å²) in [6.07, 6.45) is 3.41. The third kappa shape index (κ3) is 2.42. The number of nitrogens with zero attached hydrogens (tertiary/aromatic N) is 1. The van der Waals surface area contributed by atoms with Crippen molar-refractivity contribution in [3.63, 3.8) is 0 Å². The van der Waals surface area contributed by atoms with E-state index in [1.807, 2.05) is 36.4 Å². The largest absolute Gasteiger partial charge is 0.464 e. The predicted molar refractivity (Wildman–Crippen MR) is 77.5 cm³/mol. The lowest BCUT2D eigenvalue weighted by Crippen LogP contribution is -2.07. The van der Waals surface area contributed by atoms with Crippen LogP contribution in [0.3, 0.4) is 0 Å². The average molecular weight is 273 g/mol. The van der Waals surface area contributed by atoms with Crippen LogP contribution in [-0.2, 0) is 0 Å². The Morgan fingerprint density at radius 2 is 1.95 bits per heavy atom. The third-order valence-corrected chi connectivity index (χ3v) is 3.36. The summed E-state index contributed by atoms with van der Waals surface area (Å²) >= 11 is 5.89. The molecule has 0 fully saturated rings. The molecular weight excluding hydrogens is 260 g/mol. The molecule has 0 spiro atoms. The molecule has 0 aliphatic carbocycles. The van der Waals surface area contributed by atoms with Gasteiger partial charge in [0.2, 0.25) is 0 Å². The number of fused-ring (bicyclic) bond motifs is 1. The van der Waals surface area contributed by atoms with Crippen molar-refractivity contribution in [2.75, 3.05) is 5.32 Å². The molecule has 1 unspecified atom stereocenters. The molecule has 3 nitrogen and oxygen atoms in total. The second kappa shape index (κ2) is 4.94. The number of pyridine rings is 1. The Morgan fingerprint density at radius 3 is 2.74 bits per heavy atom. The topological polar surface area (TPSA) is 38.1 Å². The molecule has 0 bridgehead atoms. The van der Waals surface area contributed by atoms with E-state index in [1.54, 1.807) is 12.5 Å². The summed E-state index contributed by atoms with van der Waals surface area (Å²) in [5.41, 5.74) is 1.99. The zero-order chi connectivity index (χ0) is 13.2. The highest BCUT2D eigenvalue weighted by atomic mass is 35.5. The first kappa shape index (κ1) is 12.1. The standard InChI is InChI=1S/C15H13ClN2O/c1-10(11-2-4-12(16)5-3-11)18-15-13-7-9-19-14(13)6-8-17-15/h2-10H,1H3,(H,17,18). The van der Waals surface area contributed by atoms with Crippen molar-refractivity contribution in [1.29, 1.82) is 0 Å². The van der Waals surface area contributed by atoms with Crippen LogP contribution in [-0.4, -0.2) is 4.98 Å². The van der Waals surface area contributed by atoms with Crippen molar-refractivity contribution in [1.82, 2.24) is 4.98 Å². The maximum Gasteiger partial charge on any atom is 0.139 e. The van der Waals surface area contributed by atoms with E-state index >= 15 is 0 Å². The number of rotatable bonds is 3. The van der Waals surface area contributed by atoms with Crippen molar-refractivity contribution in [2.24, 2.45) is 0 Å². The van der Waals surface area contributed by atoms with Crippen LogP contribution in [0.15, 0.2) is 53.3 Å². The highest BCUT2D eigenvalue weighted by Crippen LogP contribution is 2.26. The van der Waals surface area contributed by atoms with Crippen LogP contribution < -0.4 is 5.32 Å². The van der Waals surface area contributed by atoms with Gasteiger partial charge in [0, 0.05) is 17.3 Å². The van der Waals surface area contributed by atoms with Gasteiger partial charge in [-0.05, 0) is 36.8 Å². The van der Waals surface area contributed by atoms with E-state index < -0.39 is 0 Å². The number of furan rings is 1. The van der Waals surface area contributed by atoms with Crippen LogP contribution >= 0.6 is 11.6 Å². The van der Waals surface area contributed by atoms with E-state index in [0.29, 0.717) is 0 Å². The Morgan fingerprint density at radius 1 is 1.16 bits per heavy atom.